The first kappa shape index (κ1) is 15.0. The Morgan fingerprint density at radius 1 is 1.25 bits per heavy atom. The molecule has 0 N–H and O–H groups in total. The van der Waals surface area contributed by atoms with Gasteiger partial charge in [0, 0.05) is 31.3 Å². The van der Waals surface area contributed by atoms with Crippen LogP contribution in [0.15, 0.2) is 4.42 Å². The van der Waals surface area contributed by atoms with Gasteiger partial charge < -0.3 is 9.32 Å². The maximum Gasteiger partial charge on any atom is 0.222 e. The third-order valence-corrected chi connectivity index (χ3v) is 3.73. The normalized spacial score (nSPS) is 17.2. The number of likely N-dealkylation sites (tertiary alicyclic amines) is 1. The molecule has 2 rings (SSSR count). The molecule has 1 fully saturated rings. The van der Waals surface area contributed by atoms with Crippen molar-refractivity contribution >= 4 is 5.91 Å². The zero-order valence-corrected chi connectivity index (χ0v) is 12.9. The van der Waals surface area contributed by atoms with Crippen molar-refractivity contribution in [1.29, 1.82) is 0 Å². The van der Waals surface area contributed by atoms with Gasteiger partial charge >= 0.3 is 0 Å². The molecular weight excluding hydrogens is 254 g/mol. The van der Waals surface area contributed by atoms with Crippen LogP contribution in [0.3, 0.4) is 0 Å². The second-order valence-corrected chi connectivity index (χ2v) is 6.39. The number of carbonyl (C=O) groups excluding carboxylic acids is 1. The molecule has 5 heteroatoms. The van der Waals surface area contributed by atoms with Gasteiger partial charge in [0.25, 0.3) is 0 Å². The number of rotatable bonds is 4. The number of nitrogens with zero attached hydrogens (tertiary/aromatic N) is 3. The van der Waals surface area contributed by atoms with Crippen LogP contribution in [-0.2, 0) is 4.79 Å². The van der Waals surface area contributed by atoms with E-state index in [1.54, 1.807) is 0 Å². The van der Waals surface area contributed by atoms with E-state index >= 15 is 0 Å². The van der Waals surface area contributed by atoms with Crippen molar-refractivity contribution in [2.75, 3.05) is 13.1 Å². The van der Waals surface area contributed by atoms with Crippen LogP contribution in [0.5, 0.6) is 0 Å². The van der Waals surface area contributed by atoms with E-state index in [1.165, 1.54) is 0 Å². The molecule has 1 aromatic rings. The largest absolute Gasteiger partial charge is 0.425 e. The Kier molecular flexibility index (Phi) is 4.78. The number of hydrogen-bond donors (Lipinski definition) is 0. The molecule has 5 nitrogen and oxygen atoms in total. The Morgan fingerprint density at radius 3 is 2.40 bits per heavy atom. The summed E-state index contributed by atoms with van der Waals surface area (Å²) < 4.78 is 5.72. The molecule has 1 saturated heterocycles. The van der Waals surface area contributed by atoms with Crippen LogP contribution in [0.1, 0.15) is 70.6 Å². The van der Waals surface area contributed by atoms with Gasteiger partial charge in [0.15, 0.2) is 0 Å². The lowest BCUT2D eigenvalue weighted by Crippen LogP contribution is -2.38. The van der Waals surface area contributed by atoms with E-state index < -0.39 is 0 Å². The van der Waals surface area contributed by atoms with E-state index in [2.05, 4.69) is 24.0 Å². The smallest absolute Gasteiger partial charge is 0.222 e. The monoisotopic (exact) mass is 279 g/mol. The molecule has 0 spiro atoms. The predicted molar refractivity (Wildman–Crippen MR) is 76.4 cm³/mol. The van der Waals surface area contributed by atoms with Crippen molar-refractivity contribution in [2.45, 2.75) is 58.8 Å². The minimum Gasteiger partial charge on any atom is -0.425 e. The second-order valence-electron chi connectivity index (χ2n) is 6.39. The van der Waals surface area contributed by atoms with Crippen molar-refractivity contribution in [2.24, 2.45) is 5.92 Å². The average molecular weight is 279 g/mol. The maximum absolute atomic E-state index is 12.0. The minimum absolute atomic E-state index is 0.268. The van der Waals surface area contributed by atoms with E-state index in [9.17, 15) is 4.79 Å². The predicted octanol–water partition coefficient (Wildman–Crippen LogP) is 2.95. The van der Waals surface area contributed by atoms with Crippen molar-refractivity contribution in [3.63, 3.8) is 0 Å². The first-order chi connectivity index (χ1) is 9.47. The summed E-state index contributed by atoms with van der Waals surface area (Å²) in [5, 5.41) is 8.25. The summed E-state index contributed by atoms with van der Waals surface area (Å²) in [6, 6.07) is 0. The summed E-state index contributed by atoms with van der Waals surface area (Å²) in [5.41, 5.74) is 0. The van der Waals surface area contributed by atoms with Crippen LogP contribution in [0.25, 0.3) is 0 Å². The van der Waals surface area contributed by atoms with E-state index in [0.717, 1.165) is 31.8 Å². The van der Waals surface area contributed by atoms with E-state index in [0.29, 0.717) is 24.1 Å². The molecule has 0 atom stereocenters. The molecule has 1 aliphatic rings. The Balaban J connectivity index is 1.88. The SMILES string of the molecule is CC(C)CC(=O)N1CCC(c2nnc(C(C)C)o2)CC1. The summed E-state index contributed by atoms with van der Waals surface area (Å²) in [5.74, 6) is 2.71. The van der Waals surface area contributed by atoms with Gasteiger partial charge in [0.2, 0.25) is 17.7 Å². The Morgan fingerprint density at radius 2 is 1.90 bits per heavy atom. The summed E-state index contributed by atoms with van der Waals surface area (Å²) in [4.78, 5) is 14.0. The lowest BCUT2D eigenvalue weighted by Gasteiger charge is -2.31. The lowest BCUT2D eigenvalue weighted by atomic mass is 9.96. The van der Waals surface area contributed by atoms with Crippen molar-refractivity contribution in [3.8, 4) is 0 Å². The zero-order chi connectivity index (χ0) is 14.7. The number of aromatic nitrogens is 2. The van der Waals surface area contributed by atoms with Crippen LogP contribution in [0, 0.1) is 5.92 Å². The standard InChI is InChI=1S/C15H25N3O2/c1-10(2)9-13(19)18-7-5-12(6-8-18)15-17-16-14(20-15)11(3)4/h10-12H,5-9H2,1-4H3. The number of carbonyl (C=O) groups is 1. The summed E-state index contributed by atoms with van der Waals surface area (Å²) >= 11 is 0. The van der Waals surface area contributed by atoms with Gasteiger partial charge in [0.1, 0.15) is 0 Å². The number of hydrogen-bond acceptors (Lipinski definition) is 4. The van der Waals surface area contributed by atoms with E-state index in [-0.39, 0.29) is 11.8 Å². The van der Waals surface area contributed by atoms with Crippen molar-refractivity contribution in [3.05, 3.63) is 11.8 Å². The molecule has 0 saturated carbocycles. The van der Waals surface area contributed by atoms with E-state index in [1.807, 2.05) is 18.7 Å². The molecule has 0 bridgehead atoms. The second kappa shape index (κ2) is 6.37. The van der Waals surface area contributed by atoms with Crippen LogP contribution in [0.4, 0.5) is 0 Å². The summed E-state index contributed by atoms with van der Waals surface area (Å²) in [7, 11) is 0. The first-order valence-corrected chi connectivity index (χ1v) is 7.58. The average Bonchev–Trinajstić information content (AvgIpc) is 2.88. The molecule has 0 radical (unpaired) electrons. The van der Waals surface area contributed by atoms with Gasteiger partial charge in [-0.15, -0.1) is 10.2 Å². The van der Waals surface area contributed by atoms with Gasteiger partial charge in [0.05, 0.1) is 0 Å². The Labute approximate surface area is 120 Å². The fraction of sp³-hybridized carbons (Fsp3) is 0.800. The first-order valence-electron chi connectivity index (χ1n) is 7.58. The molecular formula is C15H25N3O2. The van der Waals surface area contributed by atoms with E-state index in [4.69, 9.17) is 4.42 Å². The fourth-order valence-corrected chi connectivity index (χ4v) is 2.50. The van der Waals surface area contributed by atoms with Crippen LogP contribution < -0.4 is 0 Å². The highest BCUT2D eigenvalue weighted by Crippen LogP contribution is 2.28. The third-order valence-electron chi connectivity index (χ3n) is 3.73. The molecule has 1 amide bonds. The minimum atomic E-state index is 0.268. The molecule has 1 aliphatic heterocycles. The third kappa shape index (κ3) is 3.58. The summed E-state index contributed by atoms with van der Waals surface area (Å²) in [6.45, 7) is 9.85. The van der Waals surface area contributed by atoms with Crippen molar-refractivity contribution < 1.29 is 9.21 Å². The molecule has 0 unspecified atom stereocenters. The summed E-state index contributed by atoms with van der Waals surface area (Å²) in [6.07, 6.45) is 2.48. The lowest BCUT2D eigenvalue weighted by molar-refractivity contribution is -0.133. The Hall–Kier alpha value is -1.39. The van der Waals surface area contributed by atoms with Gasteiger partial charge in [-0.1, -0.05) is 27.7 Å². The topological polar surface area (TPSA) is 59.2 Å². The van der Waals surface area contributed by atoms with Gasteiger partial charge in [-0.3, -0.25) is 4.79 Å². The quantitative estimate of drug-likeness (QED) is 0.850. The number of amides is 1. The van der Waals surface area contributed by atoms with Crippen molar-refractivity contribution in [1.82, 2.24) is 15.1 Å². The highest BCUT2D eigenvalue weighted by molar-refractivity contribution is 5.76. The highest BCUT2D eigenvalue weighted by atomic mass is 16.4. The maximum atomic E-state index is 12.0. The Bertz CT molecular complexity index is 446. The van der Waals surface area contributed by atoms with Crippen LogP contribution in [-0.4, -0.2) is 34.1 Å². The zero-order valence-electron chi connectivity index (χ0n) is 12.9. The van der Waals surface area contributed by atoms with Crippen LogP contribution >= 0.6 is 0 Å². The molecule has 0 aromatic carbocycles. The highest BCUT2D eigenvalue weighted by Gasteiger charge is 2.27. The molecule has 1 aromatic heterocycles. The van der Waals surface area contributed by atoms with Crippen LogP contribution in [0.2, 0.25) is 0 Å². The fourth-order valence-electron chi connectivity index (χ4n) is 2.50. The number of piperidine rings is 1. The van der Waals surface area contributed by atoms with Gasteiger partial charge in [-0.25, -0.2) is 0 Å². The molecule has 0 aliphatic carbocycles. The molecule has 112 valence electrons. The molecule has 2 heterocycles. The van der Waals surface area contributed by atoms with Gasteiger partial charge in [-0.2, -0.15) is 0 Å². The molecule has 20 heavy (non-hydrogen) atoms. The van der Waals surface area contributed by atoms with Gasteiger partial charge in [-0.05, 0) is 18.8 Å².